The average Bonchev–Trinajstić information content (AvgIpc) is 2.46. The predicted octanol–water partition coefficient (Wildman–Crippen LogP) is 3.58. The van der Waals surface area contributed by atoms with Crippen LogP contribution in [0.1, 0.15) is 28.8 Å². The number of benzene rings is 2. The van der Waals surface area contributed by atoms with E-state index in [0.29, 0.717) is 5.56 Å². The van der Waals surface area contributed by atoms with Gasteiger partial charge in [-0.3, -0.25) is 0 Å². The Labute approximate surface area is 118 Å². The van der Waals surface area contributed by atoms with E-state index in [1.54, 1.807) is 0 Å². The van der Waals surface area contributed by atoms with Crippen molar-refractivity contribution in [2.75, 3.05) is 0 Å². The summed E-state index contributed by atoms with van der Waals surface area (Å²) in [7, 11) is 0. The molecule has 2 aromatic rings. The fourth-order valence-corrected chi connectivity index (χ4v) is 1.97. The lowest BCUT2D eigenvalue weighted by molar-refractivity contribution is -0.137. The van der Waals surface area contributed by atoms with Crippen LogP contribution in [0.3, 0.4) is 0 Å². The molecule has 6 heteroatoms. The Morgan fingerprint density at radius 3 is 2.14 bits per heavy atom. The Balaban J connectivity index is 2.27. The molecule has 112 valence electrons. The summed E-state index contributed by atoms with van der Waals surface area (Å²) in [4.78, 5) is 0. The highest BCUT2D eigenvalue weighted by molar-refractivity contribution is 5.30. The van der Waals surface area contributed by atoms with Crippen LogP contribution in [0.5, 0.6) is 0 Å². The van der Waals surface area contributed by atoms with Gasteiger partial charge in [-0.15, -0.1) is 0 Å². The molecule has 0 radical (unpaired) electrons. The van der Waals surface area contributed by atoms with Gasteiger partial charge < -0.3 is 10.8 Å². The summed E-state index contributed by atoms with van der Waals surface area (Å²) in [5.41, 5.74) is 5.46. The van der Waals surface area contributed by atoms with Crippen LogP contribution in [0.4, 0.5) is 17.6 Å². The molecular formula is C15H13F4NO. The highest BCUT2D eigenvalue weighted by atomic mass is 19.4. The summed E-state index contributed by atoms with van der Waals surface area (Å²) in [6, 6.07) is 8.51. The number of aliphatic hydroxyl groups excluding tert-OH is 1. The Morgan fingerprint density at radius 2 is 1.57 bits per heavy atom. The lowest BCUT2D eigenvalue weighted by Crippen LogP contribution is -2.20. The summed E-state index contributed by atoms with van der Waals surface area (Å²) in [5, 5.41) is 10.1. The van der Waals surface area contributed by atoms with Gasteiger partial charge in [-0.25, -0.2) is 4.39 Å². The average molecular weight is 299 g/mol. The summed E-state index contributed by atoms with van der Waals surface area (Å²) in [5.74, 6) is -0.459. The highest BCUT2D eigenvalue weighted by Gasteiger charge is 2.31. The normalized spacial score (nSPS) is 14.8. The smallest absolute Gasteiger partial charge is 0.386 e. The molecule has 2 nitrogen and oxygen atoms in total. The fourth-order valence-electron chi connectivity index (χ4n) is 1.97. The SMILES string of the molecule is N[C@@H](c1ccc(F)cc1)[C@@H](O)c1cccc(C(F)(F)F)c1. The first-order valence-corrected chi connectivity index (χ1v) is 6.15. The van der Waals surface area contributed by atoms with Crippen molar-refractivity contribution in [1.82, 2.24) is 0 Å². The number of alkyl halides is 3. The summed E-state index contributed by atoms with van der Waals surface area (Å²) >= 11 is 0. The van der Waals surface area contributed by atoms with E-state index in [0.717, 1.165) is 12.1 Å². The van der Waals surface area contributed by atoms with Crippen LogP contribution in [0.15, 0.2) is 48.5 Å². The third kappa shape index (κ3) is 3.59. The molecule has 0 unspecified atom stereocenters. The first-order chi connectivity index (χ1) is 9.79. The number of halogens is 4. The molecule has 0 spiro atoms. The van der Waals surface area contributed by atoms with Crippen LogP contribution in [0.2, 0.25) is 0 Å². The molecule has 21 heavy (non-hydrogen) atoms. The Hall–Kier alpha value is -1.92. The van der Waals surface area contributed by atoms with Gasteiger partial charge in [0.1, 0.15) is 5.82 Å². The van der Waals surface area contributed by atoms with Crippen molar-refractivity contribution in [3.63, 3.8) is 0 Å². The molecule has 0 amide bonds. The maximum absolute atomic E-state index is 12.8. The Bertz CT molecular complexity index is 610. The number of hydrogen-bond acceptors (Lipinski definition) is 2. The van der Waals surface area contributed by atoms with Crippen LogP contribution < -0.4 is 5.73 Å². The van der Waals surface area contributed by atoms with E-state index in [9.17, 15) is 22.7 Å². The number of hydrogen-bond donors (Lipinski definition) is 2. The van der Waals surface area contributed by atoms with Gasteiger partial charge in [0.05, 0.1) is 17.7 Å². The van der Waals surface area contributed by atoms with Crippen molar-refractivity contribution in [2.24, 2.45) is 5.73 Å². The van der Waals surface area contributed by atoms with Crippen molar-refractivity contribution in [3.8, 4) is 0 Å². The lowest BCUT2D eigenvalue weighted by Gasteiger charge is -2.20. The van der Waals surface area contributed by atoms with Gasteiger partial charge in [0, 0.05) is 0 Å². The molecule has 0 aliphatic rings. The molecule has 2 rings (SSSR count). The second-order valence-electron chi connectivity index (χ2n) is 4.65. The molecule has 3 N–H and O–H groups in total. The van der Waals surface area contributed by atoms with Gasteiger partial charge in [-0.1, -0.05) is 24.3 Å². The van der Waals surface area contributed by atoms with Crippen LogP contribution >= 0.6 is 0 Å². The highest BCUT2D eigenvalue weighted by Crippen LogP contribution is 2.33. The molecule has 0 aliphatic heterocycles. The summed E-state index contributed by atoms with van der Waals surface area (Å²) < 4.78 is 50.8. The molecule has 0 bridgehead atoms. The Kier molecular flexibility index (Phi) is 4.29. The maximum Gasteiger partial charge on any atom is 0.416 e. The molecule has 0 aliphatic carbocycles. The predicted molar refractivity (Wildman–Crippen MR) is 69.7 cm³/mol. The van der Waals surface area contributed by atoms with Crippen LogP contribution in [0.25, 0.3) is 0 Å². The standard InChI is InChI=1S/C15H13F4NO/c16-12-6-4-9(5-7-12)13(20)14(21)10-2-1-3-11(8-10)15(17,18)19/h1-8,13-14,21H,20H2/t13-,14-/m0/s1. The molecule has 0 aromatic heterocycles. The quantitative estimate of drug-likeness (QED) is 0.851. The zero-order valence-corrected chi connectivity index (χ0v) is 10.8. The number of rotatable bonds is 3. The molecule has 0 heterocycles. The zero-order valence-electron chi connectivity index (χ0n) is 10.8. The number of aliphatic hydroxyl groups is 1. The second-order valence-corrected chi connectivity index (χ2v) is 4.65. The van der Waals surface area contributed by atoms with E-state index in [1.165, 1.54) is 36.4 Å². The monoisotopic (exact) mass is 299 g/mol. The summed E-state index contributed by atoms with van der Waals surface area (Å²) in [6.45, 7) is 0. The Morgan fingerprint density at radius 1 is 0.952 bits per heavy atom. The first-order valence-electron chi connectivity index (χ1n) is 6.15. The van der Waals surface area contributed by atoms with Crippen molar-refractivity contribution in [2.45, 2.75) is 18.3 Å². The summed E-state index contributed by atoms with van der Waals surface area (Å²) in [6.07, 6.45) is -5.81. The molecule has 2 atom stereocenters. The van der Waals surface area contributed by atoms with E-state index >= 15 is 0 Å². The minimum atomic E-state index is -4.49. The van der Waals surface area contributed by atoms with Crippen molar-refractivity contribution >= 4 is 0 Å². The number of nitrogens with two attached hydrogens (primary N) is 1. The lowest BCUT2D eigenvalue weighted by atomic mass is 9.95. The first kappa shape index (κ1) is 15.5. The molecule has 0 saturated carbocycles. The van der Waals surface area contributed by atoms with Crippen LogP contribution in [0, 0.1) is 5.82 Å². The largest absolute Gasteiger partial charge is 0.416 e. The molecule has 2 aromatic carbocycles. The minimum Gasteiger partial charge on any atom is -0.386 e. The fraction of sp³-hybridized carbons (Fsp3) is 0.200. The van der Waals surface area contributed by atoms with Crippen molar-refractivity contribution < 1.29 is 22.7 Å². The maximum atomic E-state index is 12.8. The molecule has 0 fully saturated rings. The van der Waals surface area contributed by atoms with Crippen molar-refractivity contribution in [3.05, 3.63) is 71.0 Å². The zero-order chi connectivity index (χ0) is 15.6. The topological polar surface area (TPSA) is 46.2 Å². The third-order valence-corrected chi connectivity index (χ3v) is 3.15. The van der Waals surface area contributed by atoms with Crippen molar-refractivity contribution in [1.29, 1.82) is 0 Å². The third-order valence-electron chi connectivity index (χ3n) is 3.15. The van der Waals surface area contributed by atoms with Gasteiger partial charge in [0.15, 0.2) is 0 Å². The van der Waals surface area contributed by atoms with Gasteiger partial charge >= 0.3 is 6.18 Å². The van der Waals surface area contributed by atoms with Crippen LogP contribution in [-0.2, 0) is 6.18 Å². The van der Waals surface area contributed by atoms with E-state index in [4.69, 9.17) is 5.73 Å². The van der Waals surface area contributed by atoms with Gasteiger partial charge in [-0.2, -0.15) is 13.2 Å². The van der Waals surface area contributed by atoms with Gasteiger partial charge in [0.2, 0.25) is 0 Å². The van der Waals surface area contributed by atoms with E-state index in [1.807, 2.05) is 0 Å². The van der Waals surface area contributed by atoms with Crippen LogP contribution in [-0.4, -0.2) is 5.11 Å². The van der Waals surface area contributed by atoms with E-state index in [-0.39, 0.29) is 5.56 Å². The molecular weight excluding hydrogens is 286 g/mol. The molecule has 0 saturated heterocycles. The van der Waals surface area contributed by atoms with E-state index < -0.39 is 29.7 Å². The van der Waals surface area contributed by atoms with Gasteiger partial charge in [0.25, 0.3) is 0 Å². The minimum absolute atomic E-state index is 0.0571. The van der Waals surface area contributed by atoms with E-state index in [2.05, 4.69) is 0 Å². The van der Waals surface area contributed by atoms with Gasteiger partial charge in [-0.05, 0) is 35.4 Å². The second kappa shape index (κ2) is 5.83.